The minimum absolute atomic E-state index is 0.0443. The second-order valence-electron chi connectivity index (χ2n) is 4.32. The Morgan fingerprint density at radius 1 is 1.44 bits per heavy atom. The van der Waals surface area contributed by atoms with Gasteiger partial charge in [-0.25, -0.2) is 4.39 Å². The maximum atomic E-state index is 13.6. The minimum atomic E-state index is -0.192. The molecule has 0 radical (unpaired) electrons. The minimum Gasteiger partial charge on any atom is -0.307 e. The summed E-state index contributed by atoms with van der Waals surface area (Å²) in [4.78, 5) is 13.6. The number of amides is 1. The maximum absolute atomic E-state index is 13.6. The molecule has 1 N–H and O–H groups in total. The molecule has 84 valence electrons. The first-order chi connectivity index (χ1) is 7.77. The molecule has 1 amide bonds. The summed E-state index contributed by atoms with van der Waals surface area (Å²) < 4.78 is 13.6. The molecular weight excluding hydrogens is 207 g/mol. The Kier molecular flexibility index (Phi) is 2.17. The number of hydrogen-bond donors (Lipinski definition) is 1. The van der Waals surface area contributed by atoms with Gasteiger partial charge >= 0.3 is 0 Å². The Balaban J connectivity index is 2.09. The molecule has 1 atom stereocenters. The fraction of sp³-hybridized carbons (Fsp3) is 0.417. The van der Waals surface area contributed by atoms with Gasteiger partial charge in [-0.1, -0.05) is 6.07 Å². The lowest BCUT2D eigenvalue weighted by molar-refractivity contribution is -0.119. The largest absolute Gasteiger partial charge is 0.307 e. The van der Waals surface area contributed by atoms with E-state index in [1.807, 2.05) is 6.07 Å². The molecule has 0 aliphatic carbocycles. The standard InChI is InChI=1S/C12H13FN2O/c13-10-2-1-3-11-9(10)5-4-8-6-14-7-12(16)15(8)11/h1-3,8,14H,4-7H2. The number of carbonyl (C=O) groups excluding carboxylic acids is 1. The van der Waals surface area contributed by atoms with Crippen molar-refractivity contribution in [1.29, 1.82) is 0 Å². The molecule has 0 saturated carbocycles. The van der Waals surface area contributed by atoms with Crippen molar-refractivity contribution in [2.45, 2.75) is 18.9 Å². The van der Waals surface area contributed by atoms with Gasteiger partial charge in [-0.3, -0.25) is 4.79 Å². The fourth-order valence-corrected chi connectivity index (χ4v) is 2.62. The van der Waals surface area contributed by atoms with Gasteiger partial charge in [0.15, 0.2) is 0 Å². The van der Waals surface area contributed by atoms with Crippen LogP contribution in [0.25, 0.3) is 0 Å². The van der Waals surface area contributed by atoms with Gasteiger partial charge in [0.1, 0.15) is 5.82 Å². The molecule has 3 rings (SSSR count). The van der Waals surface area contributed by atoms with Gasteiger partial charge in [-0.2, -0.15) is 0 Å². The number of nitrogens with zero attached hydrogens (tertiary/aromatic N) is 1. The molecule has 1 aromatic rings. The van der Waals surface area contributed by atoms with Gasteiger partial charge in [0.05, 0.1) is 12.2 Å². The lowest BCUT2D eigenvalue weighted by Gasteiger charge is -2.40. The van der Waals surface area contributed by atoms with Crippen LogP contribution in [-0.4, -0.2) is 25.0 Å². The van der Waals surface area contributed by atoms with Crippen molar-refractivity contribution >= 4 is 11.6 Å². The molecule has 3 nitrogen and oxygen atoms in total. The highest BCUT2D eigenvalue weighted by atomic mass is 19.1. The first kappa shape index (κ1) is 9.78. The Morgan fingerprint density at radius 2 is 2.31 bits per heavy atom. The van der Waals surface area contributed by atoms with Crippen LogP contribution < -0.4 is 10.2 Å². The van der Waals surface area contributed by atoms with Crippen LogP contribution in [0, 0.1) is 5.82 Å². The molecule has 0 spiro atoms. The van der Waals surface area contributed by atoms with Crippen molar-refractivity contribution in [3.63, 3.8) is 0 Å². The molecule has 0 aromatic heterocycles. The number of halogens is 1. The second-order valence-corrected chi connectivity index (χ2v) is 4.32. The van der Waals surface area contributed by atoms with Crippen LogP contribution in [0.3, 0.4) is 0 Å². The van der Waals surface area contributed by atoms with Crippen molar-refractivity contribution in [1.82, 2.24) is 5.32 Å². The highest BCUT2D eigenvalue weighted by Gasteiger charge is 2.34. The Morgan fingerprint density at radius 3 is 3.19 bits per heavy atom. The number of carbonyl (C=O) groups is 1. The van der Waals surface area contributed by atoms with E-state index in [2.05, 4.69) is 5.32 Å². The average molecular weight is 220 g/mol. The van der Waals surface area contributed by atoms with Gasteiger partial charge in [-0.05, 0) is 25.0 Å². The van der Waals surface area contributed by atoms with E-state index in [4.69, 9.17) is 0 Å². The lowest BCUT2D eigenvalue weighted by atomic mass is 9.94. The Hall–Kier alpha value is -1.42. The van der Waals surface area contributed by atoms with Crippen LogP contribution in [-0.2, 0) is 11.2 Å². The van der Waals surface area contributed by atoms with Gasteiger partial charge in [0, 0.05) is 18.2 Å². The Labute approximate surface area is 93.2 Å². The second kappa shape index (κ2) is 3.56. The first-order valence-electron chi connectivity index (χ1n) is 5.57. The lowest BCUT2D eigenvalue weighted by Crippen LogP contribution is -2.57. The third kappa shape index (κ3) is 1.33. The molecule has 1 aromatic carbocycles. The van der Waals surface area contributed by atoms with Gasteiger partial charge < -0.3 is 10.2 Å². The van der Waals surface area contributed by atoms with E-state index in [1.165, 1.54) is 6.07 Å². The van der Waals surface area contributed by atoms with E-state index >= 15 is 0 Å². The van der Waals surface area contributed by atoms with E-state index in [0.717, 1.165) is 25.1 Å². The molecule has 1 fully saturated rings. The quantitative estimate of drug-likeness (QED) is 0.709. The van der Waals surface area contributed by atoms with E-state index in [0.29, 0.717) is 12.1 Å². The van der Waals surface area contributed by atoms with E-state index in [-0.39, 0.29) is 17.8 Å². The highest BCUT2D eigenvalue weighted by molar-refractivity contribution is 5.97. The van der Waals surface area contributed by atoms with E-state index in [9.17, 15) is 9.18 Å². The molecule has 1 unspecified atom stereocenters. The van der Waals surface area contributed by atoms with Crippen LogP contribution >= 0.6 is 0 Å². The third-order valence-electron chi connectivity index (χ3n) is 3.37. The summed E-state index contributed by atoms with van der Waals surface area (Å²) in [5, 5.41) is 3.09. The molecule has 2 aliphatic heterocycles. The van der Waals surface area contributed by atoms with Crippen LogP contribution in [0.4, 0.5) is 10.1 Å². The summed E-state index contributed by atoms with van der Waals surface area (Å²) in [7, 11) is 0. The van der Waals surface area contributed by atoms with E-state index < -0.39 is 0 Å². The molecule has 2 heterocycles. The molecule has 4 heteroatoms. The number of anilines is 1. The SMILES string of the molecule is O=C1CNCC2CCc3c(F)cccc3N12. The average Bonchev–Trinajstić information content (AvgIpc) is 2.29. The summed E-state index contributed by atoms with van der Waals surface area (Å²) in [5.74, 6) is -0.148. The van der Waals surface area contributed by atoms with Crippen LogP contribution in [0.1, 0.15) is 12.0 Å². The smallest absolute Gasteiger partial charge is 0.241 e. The van der Waals surface area contributed by atoms with Crippen LogP contribution in [0.2, 0.25) is 0 Å². The highest BCUT2D eigenvalue weighted by Crippen LogP contribution is 2.33. The number of piperazine rings is 1. The predicted molar refractivity (Wildman–Crippen MR) is 58.9 cm³/mol. The zero-order chi connectivity index (χ0) is 11.1. The van der Waals surface area contributed by atoms with Gasteiger partial charge in [0.25, 0.3) is 0 Å². The summed E-state index contributed by atoms with van der Waals surface area (Å²) in [6.07, 6.45) is 1.56. The molecular formula is C12H13FN2O. The van der Waals surface area contributed by atoms with Gasteiger partial charge in [-0.15, -0.1) is 0 Å². The number of fused-ring (bicyclic) bond motifs is 3. The van der Waals surface area contributed by atoms with Crippen molar-refractivity contribution < 1.29 is 9.18 Å². The number of hydrogen-bond acceptors (Lipinski definition) is 2. The summed E-state index contributed by atoms with van der Waals surface area (Å²) in [5.41, 5.74) is 1.46. The van der Waals surface area contributed by atoms with Crippen molar-refractivity contribution in [2.24, 2.45) is 0 Å². The van der Waals surface area contributed by atoms with Crippen molar-refractivity contribution in [3.05, 3.63) is 29.6 Å². The zero-order valence-corrected chi connectivity index (χ0v) is 8.87. The summed E-state index contributed by atoms with van der Waals surface area (Å²) >= 11 is 0. The topological polar surface area (TPSA) is 32.3 Å². The Bertz CT molecular complexity index is 447. The number of nitrogens with one attached hydrogen (secondary N) is 1. The molecule has 0 bridgehead atoms. The number of benzene rings is 1. The van der Waals surface area contributed by atoms with E-state index in [1.54, 1.807) is 11.0 Å². The van der Waals surface area contributed by atoms with Crippen molar-refractivity contribution in [3.8, 4) is 0 Å². The molecule has 2 aliphatic rings. The first-order valence-corrected chi connectivity index (χ1v) is 5.57. The van der Waals surface area contributed by atoms with Crippen molar-refractivity contribution in [2.75, 3.05) is 18.0 Å². The van der Waals surface area contributed by atoms with Gasteiger partial charge in [0.2, 0.25) is 5.91 Å². The van der Waals surface area contributed by atoms with Crippen LogP contribution in [0.5, 0.6) is 0 Å². The fourth-order valence-electron chi connectivity index (χ4n) is 2.62. The third-order valence-corrected chi connectivity index (χ3v) is 3.37. The maximum Gasteiger partial charge on any atom is 0.241 e. The molecule has 1 saturated heterocycles. The monoisotopic (exact) mass is 220 g/mol. The van der Waals surface area contributed by atoms with Crippen LogP contribution in [0.15, 0.2) is 18.2 Å². The normalized spacial score (nSPS) is 23.9. The zero-order valence-electron chi connectivity index (χ0n) is 8.87. The molecule has 16 heavy (non-hydrogen) atoms. The summed E-state index contributed by atoms with van der Waals surface area (Å²) in [6, 6.07) is 5.17. The predicted octanol–water partition coefficient (Wildman–Crippen LogP) is 1.08. The number of rotatable bonds is 0. The summed E-state index contributed by atoms with van der Waals surface area (Å²) in [6.45, 7) is 1.16.